The summed E-state index contributed by atoms with van der Waals surface area (Å²) in [5.41, 5.74) is 7.86. The smallest absolute Gasteiger partial charge is 0.342 e. The van der Waals surface area contributed by atoms with Gasteiger partial charge in [0.05, 0.1) is 34.0 Å². The number of hydrogen-bond acceptors (Lipinski definition) is 11. The van der Waals surface area contributed by atoms with Crippen LogP contribution in [-0.4, -0.2) is 85.7 Å². The van der Waals surface area contributed by atoms with E-state index in [0.717, 1.165) is 76.6 Å². The fourth-order valence-electron chi connectivity index (χ4n) is 6.33. The van der Waals surface area contributed by atoms with Gasteiger partial charge in [0, 0.05) is 45.5 Å². The number of carbonyl (C=O) groups excluding carboxylic acids is 3. The molecule has 0 saturated heterocycles. The van der Waals surface area contributed by atoms with Gasteiger partial charge in [-0.1, -0.05) is 65.3 Å². The first-order valence-corrected chi connectivity index (χ1v) is 26.8. The summed E-state index contributed by atoms with van der Waals surface area (Å²) >= 11 is 0. The Kier molecular flexibility index (Phi) is 19.1. The number of cyclic esters (lactones) is 2. The second-order valence-electron chi connectivity index (χ2n) is 16.1. The van der Waals surface area contributed by atoms with Crippen molar-refractivity contribution in [1.82, 2.24) is 0 Å². The number of aliphatic hydroxyl groups is 2. The quantitative estimate of drug-likeness (QED) is 0.0492. The summed E-state index contributed by atoms with van der Waals surface area (Å²) in [6, 6.07) is 1.98. The summed E-state index contributed by atoms with van der Waals surface area (Å²) in [4.78, 5) is 36.0. The Labute approximate surface area is 336 Å². The lowest BCUT2D eigenvalue weighted by Crippen LogP contribution is -2.23. The zero-order valence-electron chi connectivity index (χ0n) is 36.1. The van der Waals surface area contributed by atoms with Gasteiger partial charge >= 0.3 is 11.9 Å². The molecule has 0 aromatic heterocycles. The number of rotatable bonds is 18. The van der Waals surface area contributed by atoms with E-state index in [0.29, 0.717) is 66.4 Å². The molecule has 11 nitrogen and oxygen atoms in total. The molecule has 2 N–H and O–H groups in total. The Bertz CT molecular complexity index is 1740. The highest BCUT2D eigenvalue weighted by atomic mass is 28.3. The lowest BCUT2D eigenvalue weighted by molar-refractivity contribution is -0.105. The number of benzene rings is 2. The molecule has 0 unspecified atom stereocenters. The SMILES string of the molecule is CC/C(=C\Cc1c(OC)c(C)c2c(c1OCC[Si](C)(C)C)C(=O)OC2)CO.CC/C(C=O)=C\Cc1c(OC)c(C)c2c(c1OCC[Si](C)(C)C)C(=O)OC2.CO. The van der Waals surface area contributed by atoms with E-state index in [9.17, 15) is 19.5 Å². The first-order chi connectivity index (χ1) is 26.5. The Morgan fingerprint density at radius 1 is 0.696 bits per heavy atom. The zero-order valence-corrected chi connectivity index (χ0v) is 38.1. The largest absolute Gasteiger partial charge is 0.496 e. The van der Waals surface area contributed by atoms with Gasteiger partial charge in [-0.25, -0.2) is 9.59 Å². The van der Waals surface area contributed by atoms with Gasteiger partial charge in [0.15, 0.2) is 0 Å². The third kappa shape index (κ3) is 12.5. The van der Waals surface area contributed by atoms with Crippen molar-refractivity contribution in [3.05, 3.63) is 67.8 Å². The van der Waals surface area contributed by atoms with Crippen LogP contribution in [-0.2, 0) is 40.3 Å². The van der Waals surface area contributed by atoms with Crippen LogP contribution in [0.5, 0.6) is 23.0 Å². The van der Waals surface area contributed by atoms with E-state index in [1.54, 1.807) is 14.2 Å². The van der Waals surface area contributed by atoms with Crippen molar-refractivity contribution in [2.45, 2.75) is 118 Å². The molecule has 2 aliphatic heterocycles. The van der Waals surface area contributed by atoms with Gasteiger partial charge in [0.2, 0.25) is 0 Å². The van der Waals surface area contributed by atoms with Gasteiger partial charge in [-0.3, -0.25) is 4.79 Å². The van der Waals surface area contributed by atoms with E-state index in [1.165, 1.54) is 0 Å². The molecule has 0 bridgehead atoms. The number of fused-ring (bicyclic) bond motifs is 2. The van der Waals surface area contributed by atoms with Crippen molar-refractivity contribution in [3.8, 4) is 23.0 Å². The molecule has 0 aliphatic carbocycles. The minimum Gasteiger partial charge on any atom is -0.496 e. The van der Waals surface area contributed by atoms with E-state index in [4.69, 9.17) is 33.5 Å². The van der Waals surface area contributed by atoms with Crippen molar-refractivity contribution in [3.63, 3.8) is 0 Å². The molecule has 4 rings (SSSR count). The van der Waals surface area contributed by atoms with Crippen LogP contribution < -0.4 is 18.9 Å². The second kappa shape index (κ2) is 22.1. The molecule has 0 saturated carbocycles. The number of ether oxygens (including phenoxy) is 6. The zero-order chi connectivity index (χ0) is 42.4. The highest BCUT2D eigenvalue weighted by molar-refractivity contribution is 6.76. The molecule has 0 spiro atoms. The lowest BCUT2D eigenvalue weighted by Gasteiger charge is -2.21. The second-order valence-corrected chi connectivity index (χ2v) is 27.4. The van der Waals surface area contributed by atoms with Crippen LogP contribution in [0.4, 0.5) is 0 Å². The third-order valence-electron chi connectivity index (χ3n) is 9.83. The molecule has 0 radical (unpaired) electrons. The molecule has 0 atom stereocenters. The van der Waals surface area contributed by atoms with Crippen LogP contribution in [0.25, 0.3) is 0 Å². The predicted octanol–water partition coefficient (Wildman–Crippen LogP) is 8.34. The highest BCUT2D eigenvalue weighted by Gasteiger charge is 2.35. The summed E-state index contributed by atoms with van der Waals surface area (Å²) < 4.78 is 34.3. The normalized spacial score (nSPS) is 13.7. The Balaban J connectivity index is 0.000000370. The van der Waals surface area contributed by atoms with Gasteiger partial charge in [0.25, 0.3) is 0 Å². The minimum absolute atomic E-state index is 0.0244. The van der Waals surface area contributed by atoms with Gasteiger partial charge in [0.1, 0.15) is 53.6 Å². The number of carbonyl (C=O) groups is 3. The minimum atomic E-state index is -1.28. The summed E-state index contributed by atoms with van der Waals surface area (Å²) in [6.45, 7) is 23.2. The molecule has 13 heteroatoms. The van der Waals surface area contributed by atoms with Crippen molar-refractivity contribution < 1.29 is 53.0 Å². The Morgan fingerprint density at radius 2 is 1.11 bits per heavy atom. The van der Waals surface area contributed by atoms with Crippen LogP contribution >= 0.6 is 0 Å². The average molecular weight is 815 g/mol. The number of aldehydes is 1. The van der Waals surface area contributed by atoms with Crippen molar-refractivity contribution in [1.29, 1.82) is 0 Å². The van der Waals surface area contributed by atoms with Crippen LogP contribution in [0.15, 0.2) is 23.3 Å². The van der Waals surface area contributed by atoms with E-state index in [1.807, 2.05) is 39.8 Å². The van der Waals surface area contributed by atoms with Gasteiger partial charge < -0.3 is 38.6 Å². The maximum atomic E-state index is 12.4. The number of aliphatic hydroxyl groups excluding tert-OH is 2. The third-order valence-corrected chi connectivity index (χ3v) is 13.2. The molecule has 2 aromatic carbocycles. The number of hydrogen-bond donors (Lipinski definition) is 2. The lowest BCUT2D eigenvalue weighted by atomic mass is 9.94. The Hall–Kier alpha value is -3.92. The fraction of sp³-hybridized carbons (Fsp3) is 0.558. The van der Waals surface area contributed by atoms with Crippen LogP contribution in [0.1, 0.15) is 80.8 Å². The molecule has 2 aromatic rings. The maximum Gasteiger partial charge on any atom is 0.342 e. The van der Waals surface area contributed by atoms with Crippen molar-refractivity contribution in [2.24, 2.45) is 0 Å². The number of allylic oxidation sites excluding steroid dienone is 3. The predicted molar refractivity (Wildman–Crippen MR) is 226 cm³/mol. The molecule has 0 fully saturated rings. The first-order valence-electron chi connectivity index (χ1n) is 19.4. The summed E-state index contributed by atoms with van der Waals surface area (Å²) in [7, 11) is 1.70. The van der Waals surface area contributed by atoms with Crippen LogP contribution in [0.3, 0.4) is 0 Å². The molecular formula is C43H66O11Si2. The monoisotopic (exact) mass is 814 g/mol. The van der Waals surface area contributed by atoms with Crippen LogP contribution in [0.2, 0.25) is 51.4 Å². The molecule has 56 heavy (non-hydrogen) atoms. The molecule has 2 aliphatic rings. The summed E-state index contributed by atoms with van der Waals surface area (Å²) in [5, 5.41) is 16.5. The fourth-order valence-corrected chi connectivity index (χ4v) is 7.76. The Morgan fingerprint density at radius 3 is 1.43 bits per heavy atom. The van der Waals surface area contributed by atoms with Crippen LogP contribution in [0, 0.1) is 13.8 Å². The van der Waals surface area contributed by atoms with Crippen molar-refractivity contribution >= 4 is 34.4 Å². The highest BCUT2D eigenvalue weighted by Crippen LogP contribution is 2.44. The molecular weight excluding hydrogens is 749 g/mol. The number of esters is 2. The van der Waals surface area contributed by atoms with E-state index in [2.05, 4.69) is 39.3 Å². The topological polar surface area (TPSA) is 147 Å². The van der Waals surface area contributed by atoms with E-state index in [-0.39, 0.29) is 31.8 Å². The van der Waals surface area contributed by atoms with Gasteiger partial charge in [-0.05, 0) is 73.9 Å². The molecule has 312 valence electrons. The van der Waals surface area contributed by atoms with Gasteiger partial charge in [-0.15, -0.1) is 0 Å². The molecule has 2 heterocycles. The summed E-state index contributed by atoms with van der Waals surface area (Å²) in [5.74, 6) is 1.88. The summed E-state index contributed by atoms with van der Waals surface area (Å²) in [6.07, 6.45) is 7.18. The van der Waals surface area contributed by atoms with Crippen molar-refractivity contribution in [2.75, 3.05) is 41.2 Å². The standard InChI is InChI=1S/C21H32O5Si.C21H30O5Si.CH4O/c2*1-7-15(12-22)8-9-16-19(24-3)14(2)17-13-26-21(23)18(17)20(16)25-10-11-27(4,5)6;1-2/h8,22H,7,9-13H2,1-6H3;8,12H,7,9-11,13H2,1-6H3;2H,1H3/b2*15-8+;. The van der Waals surface area contributed by atoms with Gasteiger partial charge in [-0.2, -0.15) is 0 Å². The van der Waals surface area contributed by atoms with E-state index >= 15 is 0 Å². The maximum absolute atomic E-state index is 12.4. The van der Waals surface area contributed by atoms with E-state index < -0.39 is 16.1 Å². The number of methoxy groups -OCH3 is 2. The first kappa shape index (κ1) is 48.2. The average Bonchev–Trinajstić information content (AvgIpc) is 3.74. The molecule has 0 amide bonds.